The van der Waals surface area contributed by atoms with E-state index in [1.807, 2.05) is 6.92 Å². The monoisotopic (exact) mass is 428 g/mol. The molecular formula is C23H25FN2O5. The summed E-state index contributed by atoms with van der Waals surface area (Å²) in [7, 11) is 2.94. The van der Waals surface area contributed by atoms with Gasteiger partial charge in [0.1, 0.15) is 11.4 Å². The van der Waals surface area contributed by atoms with Gasteiger partial charge in [0, 0.05) is 5.56 Å². The maximum absolute atomic E-state index is 13.4. The number of methoxy groups -OCH3 is 2. The van der Waals surface area contributed by atoms with E-state index in [0.717, 1.165) is 11.3 Å². The minimum atomic E-state index is -1.32. The summed E-state index contributed by atoms with van der Waals surface area (Å²) >= 11 is 0. The Labute approximate surface area is 180 Å². The van der Waals surface area contributed by atoms with E-state index in [1.165, 1.54) is 44.6 Å². The Hall–Kier alpha value is -3.42. The molecule has 3 amide bonds. The zero-order chi connectivity index (χ0) is 22.6. The number of carbonyl (C=O) groups excluding carboxylic acids is 3. The summed E-state index contributed by atoms with van der Waals surface area (Å²) in [5.41, 5.74) is -0.550. The molecule has 3 rings (SSSR count). The number of hydrogen-bond donors (Lipinski definition) is 1. The highest BCUT2D eigenvalue weighted by molar-refractivity contribution is 6.11. The number of ketones is 1. The number of amides is 3. The molecular weight excluding hydrogens is 403 g/mol. The minimum absolute atomic E-state index is 0.283. The van der Waals surface area contributed by atoms with Crippen LogP contribution in [-0.2, 0) is 10.3 Å². The van der Waals surface area contributed by atoms with Crippen LogP contribution in [0.4, 0.5) is 9.18 Å². The topological polar surface area (TPSA) is 84.9 Å². The van der Waals surface area contributed by atoms with Crippen LogP contribution in [0.25, 0.3) is 0 Å². The second-order valence-electron chi connectivity index (χ2n) is 7.33. The predicted molar refractivity (Wildman–Crippen MR) is 112 cm³/mol. The molecule has 0 aromatic heterocycles. The maximum atomic E-state index is 13.4. The smallest absolute Gasteiger partial charge is 0.325 e. The average Bonchev–Trinajstić information content (AvgIpc) is 3.02. The van der Waals surface area contributed by atoms with Gasteiger partial charge in [-0.25, -0.2) is 9.18 Å². The molecule has 0 spiro atoms. The maximum Gasteiger partial charge on any atom is 0.325 e. The summed E-state index contributed by atoms with van der Waals surface area (Å²) in [6, 6.07) is 9.46. The lowest BCUT2D eigenvalue weighted by Crippen LogP contribution is -2.44. The van der Waals surface area contributed by atoms with Crippen LogP contribution in [0.3, 0.4) is 0 Å². The number of halogens is 1. The highest BCUT2D eigenvalue weighted by Gasteiger charge is 2.52. The van der Waals surface area contributed by atoms with Crippen LogP contribution < -0.4 is 14.8 Å². The van der Waals surface area contributed by atoms with Crippen molar-refractivity contribution in [2.75, 3.05) is 20.8 Å². The molecule has 0 aliphatic carbocycles. The van der Waals surface area contributed by atoms with E-state index >= 15 is 0 Å². The van der Waals surface area contributed by atoms with E-state index in [9.17, 15) is 18.8 Å². The highest BCUT2D eigenvalue weighted by atomic mass is 19.1. The van der Waals surface area contributed by atoms with Crippen molar-refractivity contribution in [1.29, 1.82) is 0 Å². The van der Waals surface area contributed by atoms with Gasteiger partial charge in [0.25, 0.3) is 5.91 Å². The number of ether oxygens (including phenoxy) is 2. The van der Waals surface area contributed by atoms with Gasteiger partial charge in [-0.2, -0.15) is 0 Å². The summed E-state index contributed by atoms with van der Waals surface area (Å²) in [5.74, 6) is -0.550. The number of unbranched alkanes of at least 4 members (excludes halogenated alkanes) is 1. The summed E-state index contributed by atoms with van der Waals surface area (Å²) < 4.78 is 23.8. The van der Waals surface area contributed by atoms with Gasteiger partial charge in [0.2, 0.25) is 0 Å². The molecule has 0 bridgehead atoms. The second-order valence-corrected chi connectivity index (χ2v) is 7.33. The Morgan fingerprint density at radius 2 is 1.74 bits per heavy atom. The number of nitrogens with one attached hydrogen (secondary N) is 1. The summed E-state index contributed by atoms with van der Waals surface area (Å²) in [6.45, 7) is 1.55. The van der Waals surface area contributed by atoms with Gasteiger partial charge in [-0.05, 0) is 42.3 Å². The van der Waals surface area contributed by atoms with Crippen LogP contribution in [0.15, 0.2) is 42.5 Å². The van der Waals surface area contributed by atoms with Crippen molar-refractivity contribution in [3.63, 3.8) is 0 Å². The zero-order valence-electron chi connectivity index (χ0n) is 17.7. The van der Waals surface area contributed by atoms with Crippen molar-refractivity contribution in [2.45, 2.75) is 31.7 Å². The van der Waals surface area contributed by atoms with Crippen LogP contribution in [0, 0.1) is 5.82 Å². The van der Waals surface area contributed by atoms with E-state index in [-0.39, 0.29) is 5.56 Å². The first-order valence-electron chi connectivity index (χ1n) is 10.0. The number of carbonyl (C=O) groups is 3. The van der Waals surface area contributed by atoms with Gasteiger partial charge in [-0.15, -0.1) is 0 Å². The van der Waals surface area contributed by atoms with Crippen molar-refractivity contribution in [3.05, 3.63) is 59.4 Å². The van der Waals surface area contributed by atoms with Crippen molar-refractivity contribution in [3.8, 4) is 11.5 Å². The molecule has 1 saturated heterocycles. The zero-order valence-corrected chi connectivity index (χ0v) is 17.7. The molecule has 1 N–H and O–H groups in total. The van der Waals surface area contributed by atoms with Crippen molar-refractivity contribution < 1.29 is 28.2 Å². The SMILES string of the molecule is CCCC[C@@]1(c2ccc(F)cc2)NC(=O)N(CC(=O)c2ccc(OC)c(OC)c2)C1=O. The van der Waals surface area contributed by atoms with Gasteiger partial charge in [0.15, 0.2) is 17.3 Å². The van der Waals surface area contributed by atoms with Crippen LogP contribution >= 0.6 is 0 Å². The quantitative estimate of drug-likeness (QED) is 0.487. The number of nitrogens with zero attached hydrogens (tertiary/aromatic N) is 1. The molecule has 8 heteroatoms. The molecule has 1 aliphatic heterocycles. The number of benzene rings is 2. The first-order chi connectivity index (χ1) is 14.9. The summed E-state index contributed by atoms with van der Waals surface area (Å²) in [6.07, 6.45) is 1.82. The Morgan fingerprint density at radius 3 is 2.35 bits per heavy atom. The lowest BCUT2D eigenvalue weighted by Gasteiger charge is -2.27. The Balaban J connectivity index is 1.88. The van der Waals surface area contributed by atoms with Crippen LogP contribution in [0.1, 0.15) is 42.1 Å². The normalized spacial score (nSPS) is 18.1. The first-order valence-corrected chi connectivity index (χ1v) is 10.0. The van der Waals surface area contributed by atoms with E-state index < -0.39 is 35.6 Å². The van der Waals surface area contributed by atoms with E-state index in [2.05, 4.69) is 5.32 Å². The lowest BCUT2D eigenvalue weighted by atomic mass is 9.84. The second kappa shape index (κ2) is 9.16. The molecule has 1 aliphatic rings. The standard InChI is InChI=1S/C23H25FN2O5/c1-4-5-12-23(16-7-9-17(24)10-8-16)21(28)26(22(29)25-23)14-18(27)15-6-11-19(30-2)20(13-15)31-3/h6-11,13H,4-5,12,14H2,1-3H3,(H,25,29)/t23-/m0/s1. The van der Waals surface area contributed by atoms with Crippen LogP contribution in [-0.4, -0.2) is 43.4 Å². The molecule has 2 aromatic carbocycles. The third-order valence-corrected chi connectivity index (χ3v) is 5.43. The molecule has 0 unspecified atom stereocenters. The number of urea groups is 1. The van der Waals surface area contributed by atoms with E-state index in [0.29, 0.717) is 29.9 Å². The van der Waals surface area contributed by atoms with Crippen LogP contribution in [0.2, 0.25) is 0 Å². The molecule has 1 heterocycles. The van der Waals surface area contributed by atoms with E-state index in [4.69, 9.17) is 9.47 Å². The van der Waals surface area contributed by atoms with Gasteiger partial charge in [-0.1, -0.05) is 31.9 Å². The fourth-order valence-corrected chi connectivity index (χ4v) is 3.70. The number of rotatable bonds is 9. The molecule has 7 nitrogen and oxygen atoms in total. The molecule has 1 atom stereocenters. The highest BCUT2D eigenvalue weighted by Crippen LogP contribution is 2.35. The van der Waals surface area contributed by atoms with Crippen LogP contribution in [0.5, 0.6) is 11.5 Å². The van der Waals surface area contributed by atoms with E-state index in [1.54, 1.807) is 12.1 Å². The predicted octanol–water partition coefficient (Wildman–Crippen LogP) is 3.66. The van der Waals surface area contributed by atoms with Gasteiger partial charge < -0.3 is 14.8 Å². The van der Waals surface area contributed by atoms with Gasteiger partial charge in [0.05, 0.1) is 20.8 Å². The Bertz CT molecular complexity index is 992. The summed E-state index contributed by atoms with van der Waals surface area (Å²) in [4.78, 5) is 39.8. The summed E-state index contributed by atoms with van der Waals surface area (Å²) in [5, 5.41) is 2.75. The number of hydrogen-bond acceptors (Lipinski definition) is 5. The van der Waals surface area contributed by atoms with Crippen molar-refractivity contribution in [2.24, 2.45) is 0 Å². The first kappa shape index (κ1) is 22.3. The van der Waals surface area contributed by atoms with Gasteiger partial charge in [-0.3, -0.25) is 14.5 Å². The third kappa shape index (κ3) is 4.23. The largest absolute Gasteiger partial charge is 0.493 e. The fourth-order valence-electron chi connectivity index (χ4n) is 3.70. The Kier molecular flexibility index (Phi) is 6.58. The minimum Gasteiger partial charge on any atom is -0.493 e. The van der Waals surface area contributed by atoms with Gasteiger partial charge >= 0.3 is 6.03 Å². The lowest BCUT2D eigenvalue weighted by molar-refractivity contribution is -0.131. The number of Topliss-reactive ketones (excluding diaryl/α,β-unsaturated/α-hetero) is 1. The Morgan fingerprint density at radius 1 is 1.06 bits per heavy atom. The average molecular weight is 428 g/mol. The number of imide groups is 1. The molecule has 164 valence electrons. The molecule has 2 aromatic rings. The molecule has 31 heavy (non-hydrogen) atoms. The van der Waals surface area contributed by atoms with Crippen molar-refractivity contribution >= 4 is 17.7 Å². The molecule has 0 radical (unpaired) electrons. The third-order valence-electron chi connectivity index (χ3n) is 5.43. The van der Waals surface area contributed by atoms with Crippen molar-refractivity contribution in [1.82, 2.24) is 10.2 Å². The fraction of sp³-hybridized carbons (Fsp3) is 0.348. The molecule has 1 fully saturated rings. The molecule has 0 saturated carbocycles.